The summed E-state index contributed by atoms with van der Waals surface area (Å²) in [5.74, 6) is -1.12. The van der Waals surface area contributed by atoms with Crippen molar-refractivity contribution < 1.29 is 19.1 Å². The Balaban J connectivity index is 3.13. The molecule has 0 amide bonds. The third-order valence-electron chi connectivity index (χ3n) is 2.37. The molecule has 0 aliphatic heterocycles. The summed E-state index contributed by atoms with van der Waals surface area (Å²) in [6.45, 7) is 10.7. The van der Waals surface area contributed by atoms with Crippen LogP contribution in [0.15, 0.2) is 36.4 Å². The molecule has 120 valence electrons. The molecule has 0 fully saturated rings. The molecular weight excluding hydrogens is 280 g/mol. The van der Waals surface area contributed by atoms with E-state index in [9.17, 15) is 9.59 Å². The molecule has 0 N–H and O–H groups in total. The third-order valence-corrected chi connectivity index (χ3v) is 2.37. The molecule has 0 radical (unpaired) electrons. The standard InChI is InChI=1S/C18H24O4/c1-17(2,3)21-15(19)12-14(13-10-8-7-9-11-13)16(20)22-18(4,5)6/h7-12H,1-6H3/b14-12-. The van der Waals surface area contributed by atoms with Gasteiger partial charge in [0.25, 0.3) is 0 Å². The predicted molar refractivity (Wildman–Crippen MR) is 86.1 cm³/mol. The first-order valence-corrected chi connectivity index (χ1v) is 7.21. The zero-order valence-corrected chi connectivity index (χ0v) is 14.1. The second-order valence-electron chi connectivity index (χ2n) is 6.96. The van der Waals surface area contributed by atoms with Crippen molar-refractivity contribution in [3.05, 3.63) is 42.0 Å². The Morgan fingerprint density at radius 2 is 1.36 bits per heavy atom. The summed E-state index contributed by atoms with van der Waals surface area (Å²) in [7, 11) is 0. The van der Waals surface area contributed by atoms with Crippen LogP contribution >= 0.6 is 0 Å². The molecule has 0 heterocycles. The first kappa shape index (κ1) is 18.0. The number of esters is 2. The quantitative estimate of drug-likeness (QED) is 0.630. The smallest absolute Gasteiger partial charge is 0.339 e. The van der Waals surface area contributed by atoms with Crippen LogP contribution in [0, 0.1) is 0 Å². The number of benzene rings is 1. The van der Waals surface area contributed by atoms with Crippen LogP contribution in [0.25, 0.3) is 5.57 Å². The minimum Gasteiger partial charge on any atom is -0.457 e. The van der Waals surface area contributed by atoms with Crippen LogP contribution in [-0.2, 0) is 19.1 Å². The van der Waals surface area contributed by atoms with E-state index in [1.807, 2.05) is 6.07 Å². The van der Waals surface area contributed by atoms with Gasteiger partial charge in [-0.05, 0) is 47.1 Å². The van der Waals surface area contributed by atoms with Gasteiger partial charge >= 0.3 is 11.9 Å². The molecule has 1 aromatic carbocycles. The summed E-state index contributed by atoms with van der Waals surface area (Å²) in [6.07, 6.45) is 1.19. The van der Waals surface area contributed by atoms with Gasteiger partial charge in [0.05, 0.1) is 5.57 Å². The van der Waals surface area contributed by atoms with Gasteiger partial charge in [0, 0.05) is 6.08 Å². The van der Waals surface area contributed by atoms with Gasteiger partial charge in [0.2, 0.25) is 0 Å². The lowest BCUT2D eigenvalue weighted by molar-refractivity contribution is -0.150. The summed E-state index contributed by atoms with van der Waals surface area (Å²) in [5.41, 5.74) is -0.463. The summed E-state index contributed by atoms with van der Waals surface area (Å²) in [6, 6.07) is 8.93. The highest BCUT2D eigenvalue weighted by molar-refractivity contribution is 6.20. The van der Waals surface area contributed by atoms with Gasteiger partial charge in [-0.2, -0.15) is 0 Å². The van der Waals surface area contributed by atoms with Crippen LogP contribution < -0.4 is 0 Å². The fourth-order valence-corrected chi connectivity index (χ4v) is 1.66. The lowest BCUT2D eigenvalue weighted by Crippen LogP contribution is -2.26. The third kappa shape index (κ3) is 6.57. The van der Waals surface area contributed by atoms with E-state index >= 15 is 0 Å². The average Bonchev–Trinajstić information content (AvgIpc) is 2.32. The maximum Gasteiger partial charge on any atom is 0.339 e. The molecular formula is C18H24O4. The Morgan fingerprint density at radius 3 is 1.82 bits per heavy atom. The van der Waals surface area contributed by atoms with Crippen molar-refractivity contribution >= 4 is 17.5 Å². The zero-order chi connectivity index (χ0) is 17.0. The maximum atomic E-state index is 12.4. The van der Waals surface area contributed by atoms with Gasteiger partial charge in [0.1, 0.15) is 11.2 Å². The maximum absolute atomic E-state index is 12.4. The van der Waals surface area contributed by atoms with E-state index in [0.29, 0.717) is 5.56 Å². The fourth-order valence-electron chi connectivity index (χ4n) is 1.66. The highest BCUT2D eigenvalue weighted by Crippen LogP contribution is 2.20. The van der Waals surface area contributed by atoms with Crippen molar-refractivity contribution in [2.75, 3.05) is 0 Å². The Bertz CT molecular complexity index is 557. The van der Waals surface area contributed by atoms with Gasteiger partial charge in [-0.1, -0.05) is 30.3 Å². The number of hydrogen-bond donors (Lipinski definition) is 0. The van der Waals surface area contributed by atoms with Crippen LogP contribution in [0.4, 0.5) is 0 Å². The molecule has 4 nitrogen and oxygen atoms in total. The number of carbonyl (C=O) groups is 2. The summed E-state index contributed by atoms with van der Waals surface area (Å²) in [5, 5.41) is 0. The normalized spacial score (nSPS) is 12.7. The largest absolute Gasteiger partial charge is 0.457 e. The van der Waals surface area contributed by atoms with Gasteiger partial charge in [-0.15, -0.1) is 0 Å². The molecule has 0 atom stereocenters. The minimum atomic E-state index is -0.640. The number of carbonyl (C=O) groups excluding carboxylic acids is 2. The number of ether oxygens (including phenoxy) is 2. The molecule has 0 spiro atoms. The van der Waals surface area contributed by atoms with Gasteiger partial charge in [0.15, 0.2) is 0 Å². The van der Waals surface area contributed by atoms with Crippen LogP contribution in [0.2, 0.25) is 0 Å². The van der Waals surface area contributed by atoms with Crippen LogP contribution in [-0.4, -0.2) is 23.1 Å². The topological polar surface area (TPSA) is 52.6 Å². The molecule has 0 saturated carbocycles. The number of hydrogen-bond acceptors (Lipinski definition) is 4. The Kier molecular flexibility index (Phi) is 5.53. The first-order valence-electron chi connectivity index (χ1n) is 7.21. The van der Waals surface area contributed by atoms with Crippen molar-refractivity contribution in [2.24, 2.45) is 0 Å². The fraction of sp³-hybridized carbons (Fsp3) is 0.444. The Labute approximate surface area is 132 Å². The highest BCUT2D eigenvalue weighted by atomic mass is 16.6. The highest BCUT2D eigenvalue weighted by Gasteiger charge is 2.23. The predicted octanol–water partition coefficient (Wildman–Crippen LogP) is 3.75. The molecule has 0 aliphatic carbocycles. The second-order valence-corrected chi connectivity index (χ2v) is 6.96. The van der Waals surface area contributed by atoms with E-state index < -0.39 is 23.1 Å². The molecule has 0 saturated heterocycles. The van der Waals surface area contributed by atoms with Crippen molar-refractivity contribution in [2.45, 2.75) is 52.7 Å². The lowest BCUT2D eigenvalue weighted by Gasteiger charge is -2.21. The molecule has 0 aromatic heterocycles. The molecule has 4 heteroatoms. The molecule has 0 aliphatic rings. The van der Waals surface area contributed by atoms with Crippen molar-refractivity contribution in [1.29, 1.82) is 0 Å². The van der Waals surface area contributed by atoms with Crippen LogP contribution in [0.1, 0.15) is 47.1 Å². The van der Waals surface area contributed by atoms with E-state index in [2.05, 4.69) is 0 Å². The summed E-state index contributed by atoms with van der Waals surface area (Å²) in [4.78, 5) is 24.4. The van der Waals surface area contributed by atoms with Crippen molar-refractivity contribution in [3.63, 3.8) is 0 Å². The minimum absolute atomic E-state index is 0.185. The van der Waals surface area contributed by atoms with Crippen molar-refractivity contribution in [3.8, 4) is 0 Å². The lowest BCUT2D eigenvalue weighted by atomic mass is 10.1. The van der Waals surface area contributed by atoms with E-state index in [1.54, 1.807) is 65.8 Å². The number of rotatable bonds is 3. The summed E-state index contributed by atoms with van der Waals surface area (Å²) < 4.78 is 10.6. The Morgan fingerprint density at radius 1 is 0.864 bits per heavy atom. The van der Waals surface area contributed by atoms with E-state index in [0.717, 1.165) is 0 Å². The van der Waals surface area contributed by atoms with Gasteiger partial charge < -0.3 is 9.47 Å². The summed E-state index contributed by atoms with van der Waals surface area (Å²) >= 11 is 0. The molecule has 22 heavy (non-hydrogen) atoms. The molecule has 0 bridgehead atoms. The van der Waals surface area contributed by atoms with Gasteiger partial charge in [-0.25, -0.2) is 9.59 Å². The molecule has 0 unspecified atom stereocenters. The van der Waals surface area contributed by atoms with Gasteiger partial charge in [-0.3, -0.25) is 0 Å². The average molecular weight is 304 g/mol. The Hall–Kier alpha value is -2.10. The van der Waals surface area contributed by atoms with E-state index in [1.165, 1.54) is 6.08 Å². The zero-order valence-electron chi connectivity index (χ0n) is 14.1. The molecule has 1 rings (SSSR count). The van der Waals surface area contributed by atoms with E-state index in [4.69, 9.17) is 9.47 Å². The van der Waals surface area contributed by atoms with Crippen LogP contribution in [0.3, 0.4) is 0 Å². The van der Waals surface area contributed by atoms with E-state index in [-0.39, 0.29) is 5.57 Å². The second kappa shape index (κ2) is 6.77. The van der Waals surface area contributed by atoms with Crippen molar-refractivity contribution in [1.82, 2.24) is 0 Å². The SMILES string of the molecule is CC(C)(C)OC(=O)/C=C(\C(=O)OC(C)(C)C)c1ccccc1. The molecule has 1 aromatic rings. The first-order chi connectivity index (χ1) is 9.98. The van der Waals surface area contributed by atoms with Crippen LogP contribution in [0.5, 0.6) is 0 Å². The monoisotopic (exact) mass is 304 g/mol.